The number of aryl methyl sites for hydroxylation is 1. The first-order valence-electron chi connectivity index (χ1n) is 6.97. The number of hydrogen-bond donors (Lipinski definition) is 0. The molecule has 1 aliphatic carbocycles. The SMILES string of the molecule is Cc1ccnc(N(CC(C)C)C2CCCC2)c1Br. The van der Waals surface area contributed by atoms with Gasteiger partial charge in [0.05, 0.1) is 4.47 Å². The van der Waals surface area contributed by atoms with Crippen LogP contribution < -0.4 is 4.90 Å². The van der Waals surface area contributed by atoms with Crippen molar-refractivity contribution in [2.75, 3.05) is 11.4 Å². The third-order valence-corrected chi connectivity index (χ3v) is 4.64. The fourth-order valence-electron chi connectivity index (χ4n) is 2.74. The van der Waals surface area contributed by atoms with Crippen molar-refractivity contribution in [3.63, 3.8) is 0 Å². The van der Waals surface area contributed by atoms with Crippen molar-refractivity contribution in [1.29, 1.82) is 0 Å². The molecule has 0 aromatic carbocycles. The average molecular weight is 311 g/mol. The van der Waals surface area contributed by atoms with E-state index in [2.05, 4.69) is 52.7 Å². The molecule has 2 nitrogen and oxygen atoms in total. The molecule has 18 heavy (non-hydrogen) atoms. The molecule has 0 spiro atoms. The van der Waals surface area contributed by atoms with Crippen LogP contribution in [0.3, 0.4) is 0 Å². The molecule has 0 atom stereocenters. The van der Waals surface area contributed by atoms with Crippen molar-refractivity contribution in [1.82, 2.24) is 4.98 Å². The Morgan fingerprint density at radius 2 is 2.06 bits per heavy atom. The summed E-state index contributed by atoms with van der Waals surface area (Å²) < 4.78 is 1.16. The van der Waals surface area contributed by atoms with Crippen LogP contribution in [-0.2, 0) is 0 Å². The predicted molar refractivity (Wildman–Crippen MR) is 81.1 cm³/mol. The number of aromatic nitrogens is 1. The normalized spacial score (nSPS) is 16.5. The number of halogens is 1. The van der Waals surface area contributed by atoms with Gasteiger partial charge in [0.25, 0.3) is 0 Å². The van der Waals surface area contributed by atoms with Crippen molar-refractivity contribution in [3.8, 4) is 0 Å². The van der Waals surface area contributed by atoms with E-state index in [0.29, 0.717) is 12.0 Å². The Bertz CT molecular complexity index is 397. The van der Waals surface area contributed by atoms with E-state index in [9.17, 15) is 0 Å². The molecule has 0 amide bonds. The van der Waals surface area contributed by atoms with Crippen molar-refractivity contribution in [2.45, 2.75) is 52.5 Å². The maximum atomic E-state index is 4.62. The zero-order valence-electron chi connectivity index (χ0n) is 11.6. The summed E-state index contributed by atoms with van der Waals surface area (Å²) in [5.41, 5.74) is 1.27. The van der Waals surface area contributed by atoms with E-state index in [1.807, 2.05) is 6.20 Å². The maximum absolute atomic E-state index is 4.62. The Morgan fingerprint density at radius 1 is 1.39 bits per heavy atom. The highest BCUT2D eigenvalue weighted by molar-refractivity contribution is 9.10. The van der Waals surface area contributed by atoms with Crippen LogP contribution in [0.4, 0.5) is 5.82 Å². The van der Waals surface area contributed by atoms with E-state index in [4.69, 9.17) is 0 Å². The fourth-order valence-corrected chi connectivity index (χ4v) is 3.21. The van der Waals surface area contributed by atoms with E-state index in [1.54, 1.807) is 0 Å². The zero-order valence-corrected chi connectivity index (χ0v) is 13.2. The summed E-state index contributed by atoms with van der Waals surface area (Å²) in [4.78, 5) is 7.14. The number of pyridine rings is 1. The molecule has 2 rings (SSSR count). The minimum absolute atomic E-state index is 0.666. The monoisotopic (exact) mass is 310 g/mol. The Kier molecular flexibility index (Phi) is 4.66. The molecule has 1 heterocycles. The number of nitrogens with zero attached hydrogens (tertiary/aromatic N) is 2. The van der Waals surface area contributed by atoms with Crippen molar-refractivity contribution in [2.24, 2.45) is 5.92 Å². The summed E-state index contributed by atoms with van der Waals surface area (Å²) in [5, 5.41) is 0. The molecular weight excluding hydrogens is 288 g/mol. The van der Waals surface area contributed by atoms with Crippen LogP contribution in [0.2, 0.25) is 0 Å². The third kappa shape index (κ3) is 3.05. The molecule has 0 aliphatic heterocycles. The van der Waals surface area contributed by atoms with Crippen LogP contribution in [-0.4, -0.2) is 17.6 Å². The summed E-state index contributed by atoms with van der Waals surface area (Å²) in [7, 11) is 0. The molecule has 1 aromatic heterocycles. The van der Waals surface area contributed by atoms with Gasteiger partial charge in [0.15, 0.2) is 0 Å². The van der Waals surface area contributed by atoms with Gasteiger partial charge in [0.1, 0.15) is 5.82 Å². The highest BCUT2D eigenvalue weighted by Gasteiger charge is 2.25. The van der Waals surface area contributed by atoms with Crippen molar-refractivity contribution < 1.29 is 0 Å². The van der Waals surface area contributed by atoms with Gasteiger partial charge in [-0.1, -0.05) is 26.7 Å². The highest BCUT2D eigenvalue weighted by Crippen LogP contribution is 2.33. The van der Waals surface area contributed by atoms with Crippen LogP contribution >= 0.6 is 15.9 Å². The minimum Gasteiger partial charge on any atom is -0.352 e. The predicted octanol–water partition coefficient (Wildman–Crippen LogP) is 4.56. The second-order valence-corrected chi connectivity index (χ2v) is 6.54. The molecule has 1 fully saturated rings. The van der Waals surface area contributed by atoms with Crippen LogP contribution in [0.25, 0.3) is 0 Å². The van der Waals surface area contributed by atoms with Gasteiger partial charge in [-0.15, -0.1) is 0 Å². The van der Waals surface area contributed by atoms with Crippen molar-refractivity contribution >= 4 is 21.7 Å². The Labute approximate surface area is 119 Å². The van der Waals surface area contributed by atoms with E-state index >= 15 is 0 Å². The first-order chi connectivity index (χ1) is 8.59. The van der Waals surface area contributed by atoms with Gasteiger partial charge in [-0.2, -0.15) is 0 Å². The average Bonchev–Trinajstić information content (AvgIpc) is 2.83. The molecule has 1 aliphatic rings. The molecule has 1 saturated carbocycles. The minimum atomic E-state index is 0.666. The fraction of sp³-hybridized carbons (Fsp3) is 0.667. The summed E-state index contributed by atoms with van der Waals surface area (Å²) in [5.74, 6) is 1.80. The van der Waals surface area contributed by atoms with E-state index in [1.165, 1.54) is 31.2 Å². The molecule has 0 N–H and O–H groups in total. The number of hydrogen-bond acceptors (Lipinski definition) is 2. The first-order valence-corrected chi connectivity index (χ1v) is 7.76. The quantitative estimate of drug-likeness (QED) is 0.810. The molecule has 0 bridgehead atoms. The number of anilines is 1. The Balaban J connectivity index is 2.29. The van der Waals surface area contributed by atoms with Crippen LogP contribution in [0.15, 0.2) is 16.7 Å². The first kappa shape index (κ1) is 13.9. The molecule has 3 heteroatoms. The molecule has 0 saturated heterocycles. The van der Waals surface area contributed by atoms with Gasteiger partial charge in [0.2, 0.25) is 0 Å². The standard InChI is InChI=1S/C15H23BrN2/c1-11(2)10-18(13-6-4-5-7-13)15-14(16)12(3)8-9-17-15/h8-9,11,13H,4-7,10H2,1-3H3. The largest absolute Gasteiger partial charge is 0.352 e. The van der Waals surface area contributed by atoms with Gasteiger partial charge >= 0.3 is 0 Å². The van der Waals surface area contributed by atoms with Crippen LogP contribution in [0, 0.1) is 12.8 Å². The van der Waals surface area contributed by atoms with Gasteiger partial charge in [-0.3, -0.25) is 0 Å². The van der Waals surface area contributed by atoms with Gasteiger partial charge in [-0.25, -0.2) is 4.98 Å². The maximum Gasteiger partial charge on any atom is 0.143 e. The van der Waals surface area contributed by atoms with Gasteiger partial charge in [0, 0.05) is 18.8 Å². The lowest BCUT2D eigenvalue weighted by molar-refractivity contribution is 0.530. The molecule has 0 unspecified atom stereocenters. The number of rotatable bonds is 4. The summed E-state index contributed by atoms with van der Waals surface area (Å²) in [6.45, 7) is 7.80. The Hall–Kier alpha value is -0.570. The highest BCUT2D eigenvalue weighted by atomic mass is 79.9. The van der Waals surface area contributed by atoms with Crippen LogP contribution in [0.1, 0.15) is 45.1 Å². The Morgan fingerprint density at radius 3 is 2.67 bits per heavy atom. The smallest absolute Gasteiger partial charge is 0.143 e. The van der Waals surface area contributed by atoms with E-state index in [-0.39, 0.29) is 0 Å². The summed E-state index contributed by atoms with van der Waals surface area (Å²) >= 11 is 3.71. The molecule has 100 valence electrons. The zero-order chi connectivity index (χ0) is 13.1. The van der Waals surface area contributed by atoms with Crippen LogP contribution in [0.5, 0.6) is 0 Å². The lowest BCUT2D eigenvalue weighted by Gasteiger charge is -2.32. The third-order valence-electron chi connectivity index (χ3n) is 3.66. The summed E-state index contributed by atoms with van der Waals surface area (Å²) in [6.07, 6.45) is 7.28. The molecule has 1 aromatic rings. The van der Waals surface area contributed by atoms with E-state index < -0.39 is 0 Å². The summed E-state index contributed by atoms with van der Waals surface area (Å²) in [6, 6.07) is 2.74. The van der Waals surface area contributed by atoms with Crippen molar-refractivity contribution in [3.05, 3.63) is 22.3 Å². The topological polar surface area (TPSA) is 16.1 Å². The van der Waals surface area contributed by atoms with Gasteiger partial charge in [-0.05, 0) is 53.2 Å². The van der Waals surface area contributed by atoms with E-state index in [0.717, 1.165) is 16.8 Å². The van der Waals surface area contributed by atoms with Gasteiger partial charge < -0.3 is 4.90 Å². The second-order valence-electron chi connectivity index (χ2n) is 5.75. The lowest BCUT2D eigenvalue weighted by atomic mass is 10.1. The second kappa shape index (κ2) is 6.05. The molecule has 0 radical (unpaired) electrons. The lowest BCUT2D eigenvalue weighted by Crippen LogP contribution is -2.37. The molecular formula is C15H23BrN2.